The highest BCUT2D eigenvalue weighted by molar-refractivity contribution is 5.92. The van der Waals surface area contributed by atoms with Crippen LogP contribution in [0.2, 0.25) is 0 Å². The molecule has 3 amide bonds. The topological polar surface area (TPSA) is 105 Å². The summed E-state index contributed by atoms with van der Waals surface area (Å²) in [4.78, 5) is 44.0. The van der Waals surface area contributed by atoms with E-state index in [2.05, 4.69) is 5.32 Å². The third kappa shape index (κ3) is 6.25. The predicted octanol–water partition coefficient (Wildman–Crippen LogP) is 2.37. The fourth-order valence-corrected chi connectivity index (χ4v) is 5.66. The van der Waals surface area contributed by atoms with Crippen molar-refractivity contribution < 1.29 is 19.1 Å². The van der Waals surface area contributed by atoms with Crippen molar-refractivity contribution in [1.82, 2.24) is 15.1 Å². The molecule has 2 aliphatic rings. The molecule has 2 aromatic carbocycles. The highest BCUT2D eigenvalue weighted by atomic mass is 16.5. The third-order valence-corrected chi connectivity index (χ3v) is 7.85. The van der Waals surface area contributed by atoms with Gasteiger partial charge in [-0.25, -0.2) is 0 Å². The molecule has 8 nitrogen and oxygen atoms in total. The Bertz CT molecular complexity index is 1120. The summed E-state index contributed by atoms with van der Waals surface area (Å²) in [5, 5.41) is 2.82. The molecule has 0 bridgehead atoms. The van der Waals surface area contributed by atoms with Crippen molar-refractivity contribution in [3.05, 3.63) is 71.8 Å². The number of nitrogens with two attached hydrogens (primary N) is 1. The first kappa shape index (κ1) is 27.8. The maximum atomic E-state index is 13.9. The quantitative estimate of drug-likeness (QED) is 0.528. The zero-order valence-electron chi connectivity index (χ0n) is 22.7. The van der Waals surface area contributed by atoms with Gasteiger partial charge in [0.25, 0.3) is 0 Å². The Morgan fingerprint density at radius 3 is 2.29 bits per heavy atom. The highest BCUT2D eigenvalue weighted by Gasteiger charge is 2.53. The summed E-state index contributed by atoms with van der Waals surface area (Å²) in [6.07, 6.45) is 2.23. The number of benzene rings is 2. The molecule has 0 aliphatic carbocycles. The molecule has 3 atom stereocenters. The normalized spacial score (nSPS) is 22.5. The van der Waals surface area contributed by atoms with E-state index >= 15 is 0 Å². The molecule has 2 fully saturated rings. The fourth-order valence-electron chi connectivity index (χ4n) is 5.66. The first-order chi connectivity index (χ1) is 18.1. The molecule has 2 aliphatic heterocycles. The molecule has 2 saturated heterocycles. The molecule has 3 N–H and O–H groups in total. The van der Waals surface area contributed by atoms with Crippen molar-refractivity contribution >= 4 is 17.7 Å². The fraction of sp³-hybridized carbons (Fsp3) is 0.500. The highest BCUT2D eigenvalue weighted by Crippen LogP contribution is 2.45. The van der Waals surface area contributed by atoms with Crippen LogP contribution in [0.4, 0.5) is 0 Å². The van der Waals surface area contributed by atoms with Gasteiger partial charge in [0.15, 0.2) is 0 Å². The lowest BCUT2D eigenvalue weighted by Gasteiger charge is -2.52. The average molecular weight is 521 g/mol. The predicted molar refractivity (Wildman–Crippen MR) is 146 cm³/mol. The molecule has 38 heavy (non-hydrogen) atoms. The minimum absolute atomic E-state index is 0.00894. The Morgan fingerprint density at radius 1 is 1.05 bits per heavy atom. The van der Waals surface area contributed by atoms with Gasteiger partial charge in [-0.15, -0.1) is 0 Å². The summed E-state index contributed by atoms with van der Waals surface area (Å²) in [6.45, 7) is 5.10. The summed E-state index contributed by atoms with van der Waals surface area (Å²) in [7, 11) is 1.84. The van der Waals surface area contributed by atoms with Crippen LogP contribution in [0.5, 0.6) is 0 Å². The number of hydrogen-bond donors (Lipinski definition) is 2. The molecular formula is C30H40N4O4. The van der Waals surface area contributed by atoms with Gasteiger partial charge >= 0.3 is 0 Å². The van der Waals surface area contributed by atoms with Crippen LogP contribution in [0, 0.1) is 11.3 Å². The largest absolute Gasteiger partial charge is 0.374 e. The SMILES string of the molecule is CN1CCC2CCN(C(=O)C(COCc3ccccc3)NC(=O)C(C)(C)N)CC2(Cc2ccccc2)C1=O. The van der Waals surface area contributed by atoms with Crippen LogP contribution in [0.15, 0.2) is 60.7 Å². The first-order valence-corrected chi connectivity index (χ1v) is 13.4. The Hall–Kier alpha value is -3.23. The maximum absolute atomic E-state index is 13.9. The number of carbonyl (C=O) groups is 3. The maximum Gasteiger partial charge on any atom is 0.247 e. The van der Waals surface area contributed by atoms with E-state index in [1.54, 1.807) is 23.6 Å². The number of nitrogens with zero attached hydrogens (tertiary/aromatic N) is 2. The van der Waals surface area contributed by atoms with Crippen LogP contribution in [-0.2, 0) is 32.1 Å². The van der Waals surface area contributed by atoms with Gasteiger partial charge in [-0.3, -0.25) is 14.4 Å². The summed E-state index contributed by atoms with van der Waals surface area (Å²) in [5.41, 5.74) is 6.23. The van der Waals surface area contributed by atoms with E-state index in [1.165, 1.54) is 0 Å². The summed E-state index contributed by atoms with van der Waals surface area (Å²) < 4.78 is 5.89. The van der Waals surface area contributed by atoms with Gasteiger partial charge in [0.2, 0.25) is 17.7 Å². The van der Waals surface area contributed by atoms with Crippen molar-refractivity contribution in [1.29, 1.82) is 0 Å². The van der Waals surface area contributed by atoms with E-state index in [0.29, 0.717) is 26.1 Å². The second-order valence-corrected chi connectivity index (χ2v) is 11.3. The van der Waals surface area contributed by atoms with Crippen LogP contribution < -0.4 is 11.1 Å². The summed E-state index contributed by atoms with van der Waals surface area (Å²) in [6, 6.07) is 18.8. The minimum atomic E-state index is -1.15. The molecule has 2 aromatic rings. The van der Waals surface area contributed by atoms with E-state index in [0.717, 1.165) is 30.5 Å². The molecule has 4 rings (SSSR count). The lowest BCUT2D eigenvalue weighted by atomic mass is 9.63. The Balaban J connectivity index is 1.56. The minimum Gasteiger partial charge on any atom is -0.374 e. The van der Waals surface area contributed by atoms with Gasteiger partial charge in [0.05, 0.1) is 24.2 Å². The molecular weight excluding hydrogens is 480 g/mol. The summed E-state index contributed by atoms with van der Waals surface area (Å²) in [5.74, 6) is -0.399. The van der Waals surface area contributed by atoms with Gasteiger partial charge in [-0.2, -0.15) is 0 Å². The van der Waals surface area contributed by atoms with Gasteiger partial charge in [0.1, 0.15) is 6.04 Å². The average Bonchev–Trinajstić information content (AvgIpc) is 2.90. The number of likely N-dealkylation sites (tertiary alicyclic amines) is 2. The van der Waals surface area contributed by atoms with E-state index in [9.17, 15) is 14.4 Å². The Labute approximate surface area is 225 Å². The molecule has 0 saturated carbocycles. The van der Waals surface area contributed by atoms with Crippen LogP contribution >= 0.6 is 0 Å². The van der Waals surface area contributed by atoms with Crippen LogP contribution in [-0.4, -0.2) is 72.4 Å². The number of ether oxygens (including phenoxy) is 1. The number of nitrogens with one attached hydrogen (secondary N) is 1. The number of piperidine rings is 2. The second kappa shape index (κ2) is 11.7. The lowest BCUT2D eigenvalue weighted by molar-refractivity contribution is -0.160. The number of carbonyl (C=O) groups excluding carboxylic acids is 3. The molecule has 8 heteroatoms. The van der Waals surface area contributed by atoms with Gasteiger partial charge < -0.3 is 25.6 Å². The zero-order valence-corrected chi connectivity index (χ0v) is 22.7. The molecule has 0 aromatic heterocycles. The Kier molecular flexibility index (Phi) is 8.53. The Morgan fingerprint density at radius 2 is 1.66 bits per heavy atom. The second-order valence-electron chi connectivity index (χ2n) is 11.3. The van der Waals surface area contributed by atoms with E-state index in [4.69, 9.17) is 10.5 Å². The van der Waals surface area contributed by atoms with Crippen molar-refractivity contribution in [2.24, 2.45) is 17.1 Å². The lowest BCUT2D eigenvalue weighted by Crippen LogP contribution is -2.65. The van der Waals surface area contributed by atoms with Gasteiger partial charge in [-0.1, -0.05) is 60.7 Å². The molecule has 3 unspecified atom stereocenters. The number of amides is 3. The van der Waals surface area contributed by atoms with Crippen molar-refractivity contribution in [2.75, 3.05) is 33.3 Å². The standard InChI is InChI=1S/C30H40N4O4/c1-29(2,31)27(36)32-25(20-38-19-23-12-8-5-9-13-23)26(35)34-17-15-24-14-16-33(3)28(37)30(24,21-34)18-22-10-6-4-7-11-22/h4-13,24-25H,14-21,31H2,1-3H3,(H,32,36). The molecule has 204 valence electrons. The number of fused-ring (bicyclic) bond motifs is 1. The van der Waals surface area contributed by atoms with Gasteiger partial charge in [0, 0.05) is 26.7 Å². The van der Waals surface area contributed by atoms with Crippen LogP contribution in [0.25, 0.3) is 0 Å². The van der Waals surface area contributed by atoms with E-state index < -0.39 is 22.9 Å². The third-order valence-electron chi connectivity index (χ3n) is 7.85. The molecule has 0 spiro atoms. The van der Waals surface area contributed by atoms with Crippen LogP contribution in [0.1, 0.15) is 37.8 Å². The summed E-state index contributed by atoms with van der Waals surface area (Å²) >= 11 is 0. The smallest absolute Gasteiger partial charge is 0.247 e. The van der Waals surface area contributed by atoms with Crippen molar-refractivity contribution in [3.8, 4) is 0 Å². The number of rotatable bonds is 9. The molecule has 0 radical (unpaired) electrons. The van der Waals surface area contributed by atoms with E-state index in [-0.39, 0.29) is 24.3 Å². The zero-order chi connectivity index (χ0) is 27.3. The first-order valence-electron chi connectivity index (χ1n) is 13.4. The van der Waals surface area contributed by atoms with Crippen molar-refractivity contribution in [2.45, 2.75) is 51.3 Å². The monoisotopic (exact) mass is 520 g/mol. The van der Waals surface area contributed by atoms with E-state index in [1.807, 2.05) is 67.7 Å². The van der Waals surface area contributed by atoms with Gasteiger partial charge in [-0.05, 0) is 50.2 Å². The molecule has 2 heterocycles. The number of hydrogen-bond acceptors (Lipinski definition) is 5. The van der Waals surface area contributed by atoms with Crippen molar-refractivity contribution in [3.63, 3.8) is 0 Å². The van der Waals surface area contributed by atoms with Crippen LogP contribution in [0.3, 0.4) is 0 Å².